The number of aromatic nitrogens is 2. The fraction of sp³-hybridized carbons (Fsp3) is 0.273. The van der Waals surface area contributed by atoms with Gasteiger partial charge in [-0.05, 0) is 18.6 Å². The van der Waals surface area contributed by atoms with Gasteiger partial charge in [-0.2, -0.15) is 13.2 Å². The van der Waals surface area contributed by atoms with Crippen molar-refractivity contribution in [2.75, 3.05) is 0 Å². The zero-order valence-corrected chi connectivity index (χ0v) is 9.32. The van der Waals surface area contributed by atoms with Crippen molar-refractivity contribution in [3.8, 4) is 11.6 Å². The second-order valence-electron chi connectivity index (χ2n) is 3.66. The number of furan rings is 1. The summed E-state index contributed by atoms with van der Waals surface area (Å²) in [7, 11) is 0. The van der Waals surface area contributed by atoms with E-state index in [1.54, 1.807) is 13.0 Å². The summed E-state index contributed by atoms with van der Waals surface area (Å²) in [5.41, 5.74) is -0.874. The minimum absolute atomic E-state index is 0.151. The van der Waals surface area contributed by atoms with Gasteiger partial charge in [0.15, 0.2) is 17.3 Å². The van der Waals surface area contributed by atoms with Crippen LogP contribution in [0.1, 0.15) is 16.8 Å². The lowest BCUT2D eigenvalue weighted by Crippen LogP contribution is -2.13. The van der Waals surface area contributed by atoms with Crippen LogP contribution in [0.25, 0.3) is 11.6 Å². The van der Waals surface area contributed by atoms with E-state index >= 15 is 0 Å². The van der Waals surface area contributed by atoms with Crippen LogP contribution in [0.3, 0.4) is 0 Å². The average Bonchev–Trinajstić information content (AvgIpc) is 2.73. The Bertz CT molecular complexity index is 564. The zero-order valence-electron chi connectivity index (χ0n) is 9.32. The van der Waals surface area contributed by atoms with E-state index in [0.717, 1.165) is 6.20 Å². The molecule has 0 radical (unpaired) electrons. The Morgan fingerprint density at radius 2 is 2.11 bits per heavy atom. The topological polar surface area (TPSA) is 59.2 Å². The third-order valence-corrected chi connectivity index (χ3v) is 2.37. The first-order valence-electron chi connectivity index (χ1n) is 5.02. The Morgan fingerprint density at radius 1 is 1.39 bits per heavy atom. The minimum Gasteiger partial charge on any atom is -0.461 e. The maximum atomic E-state index is 12.7. The van der Waals surface area contributed by atoms with Gasteiger partial charge < -0.3 is 9.52 Å². The molecule has 0 saturated carbocycles. The summed E-state index contributed by atoms with van der Waals surface area (Å²) >= 11 is 0. The van der Waals surface area contributed by atoms with Crippen molar-refractivity contribution in [3.05, 3.63) is 35.3 Å². The smallest absolute Gasteiger partial charge is 0.433 e. The molecule has 0 aliphatic carbocycles. The van der Waals surface area contributed by atoms with Crippen molar-refractivity contribution in [1.82, 2.24) is 9.97 Å². The molecule has 0 bridgehead atoms. The van der Waals surface area contributed by atoms with E-state index in [-0.39, 0.29) is 17.1 Å². The highest BCUT2D eigenvalue weighted by Crippen LogP contribution is 2.32. The Kier molecular flexibility index (Phi) is 3.08. The number of alkyl halides is 3. The number of hydrogen-bond acceptors (Lipinski definition) is 4. The number of nitrogens with zero attached hydrogens (tertiary/aromatic N) is 2. The van der Waals surface area contributed by atoms with Crippen LogP contribution in [0.2, 0.25) is 0 Å². The molecule has 4 nitrogen and oxygen atoms in total. The number of aryl methyl sites for hydroxylation is 1. The summed E-state index contributed by atoms with van der Waals surface area (Å²) in [5, 5.41) is 8.85. The first-order valence-corrected chi connectivity index (χ1v) is 5.02. The van der Waals surface area contributed by atoms with Crippen molar-refractivity contribution in [1.29, 1.82) is 0 Å². The zero-order chi connectivity index (χ0) is 13.3. The molecular formula is C11H9F3N2O2. The highest BCUT2D eigenvalue weighted by atomic mass is 19.4. The molecule has 1 N–H and O–H groups in total. The van der Waals surface area contributed by atoms with Gasteiger partial charge in [-0.25, -0.2) is 9.97 Å². The van der Waals surface area contributed by atoms with Crippen molar-refractivity contribution in [2.45, 2.75) is 19.7 Å². The van der Waals surface area contributed by atoms with Gasteiger partial charge in [0.05, 0.1) is 12.9 Å². The summed E-state index contributed by atoms with van der Waals surface area (Å²) in [6.45, 7) is 0.904. The second kappa shape index (κ2) is 4.41. The molecular weight excluding hydrogens is 249 g/mol. The maximum absolute atomic E-state index is 12.7. The molecule has 7 heteroatoms. The lowest BCUT2D eigenvalue weighted by Gasteiger charge is -2.10. The molecule has 0 unspecified atom stereocenters. The predicted octanol–water partition coefficient (Wildman–Crippen LogP) is 2.56. The number of aliphatic hydroxyl groups is 1. The Balaban J connectivity index is 2.57. The third-order valence-electron chi connectivity index (χ3n) is 2.37. The molecule has 0 amide bonds. The SMILES string of the molecule is Cc1ccoc1-c1ncc(CO)c(C(F)(F)F)n1. The maximum Gasteiger partial charge on any atom is 0.433 e. The van der Waals surface area contributed by atoms with Crippen LogP contribution in [0.4, 0.5) is 13.2 Å². The highest BCUT2D eigenvalue weighted by molar-refractivity contribution is 5.52. The van der Waals surface area contributed by atoms with Gasteiger partial charge in [0, 0.05) is 11.8 Å². The van der Waals surface area contributed by atoms with Gasteiger partial charge in [-0.1, -0.05) is 0 Å². The standard InChI is InChI=1S/C11H9F3N2O2/c1-6-2-3-18-8(6)10-15-4-7(5-17)9(16-10)11(12,13)14/h2-4,17H,5H2,1H3. The van der Waals surface area contributed by atoms with Crippen molar-refractivity contribution < 1.29 is 22.7 Å². The van der Waals surface area contributed by atoms with E-state index in [1.165, 1.54) is 6.26 Å². The molecule has 2 rings (SSSR count). The molecule has 0 aromatic carbocycles. The van der Waals surface area contributed by atoms with Gasteiger partial charge in [0.25, 0.3) is 0 Å². The van der Waals surface area contributed by atoms with Crippen LogP contribution in [-0.4, -0.2) is 15.1 Å². The van der Waals surface area contributed by atoms with Crippen LogP contribution in [-0.2, 0) is 12.8 Å². The quantitative estimate of drug-likeness (QED) is 0.899. The summed E-state index contributed by atoms with van der Waals surface area (Å²) in [6, 6.07) is 1.60. The molecule has 2 heterocycles. The molecule has 0 aliphatic heterocycles. The summed E-state index contributed by atoms with van der Waals surface area (Å²) in [4.78, 5) is 7.19. The Hall–Kier alpha value is -1.89. The van der Waals surface area contributed by atoms with E-state index in [1.807, 2.05) is 0 Å². The monoisotopic (exact) mass is 258 g/mol. The first-order chi connectivity index (χ1) is 8.43. The highest BCUT2D eigenvalue weighted by Gasteiger charge is 2.36. The molecule has 0 atom stereocenters. The molecule has 2 aromatic rings. The van der Waals surface area contributed by atoms with Crippen LogP contribution >= 0.6 is 0 Å². The van der Waals surface area contributed by atoms with E-state index in [2.05, 4.69) is 9.97 Å². The third kappa shape index (κ3) is 2.21. The van der Waals surface area contributed by atoms with E-state index in [9.17, 15) is 13.2 Å². The average molecular weight is 258 g/mol. The second-order valence-corrected chi connectivity index (χ2v) is 3.66. The molecule has 2 aromatic heterocycles. The van der Waals surface area contributed by atoms with Crippen molar-refractivity contribution >= 4 is 0 Å². The number of rotatable bonds is 2. The van der Waals surface area contributed by atoms with Gasteiger partial charge in [0.1, 0.15) is 0 Å². The van der Waals surface area contributed by atoms with E-state index in [4.69, 9.17) is 9.52 Å². The summed E-state index contributed by atoms with van der Waals surface area (Å²) < 4.78 is 43.2. The van der Waals surface area contributed by atoms with Crippen molar-refractivity contribution in [2.24, 2.45) is 0 Å². The van der Waals surface area contributed by atoms with Gasteiger partial charge in [-0.15, -0.1) is 0 Å². The molecule has 0 fully saturated rings. The van der Waals surface area contributed by atoms with Crippen LogP contribution < -0.4 is 0 Å². The van der Waals surface area contributed by atoms with Gasteiger partial charge in [0.2, 0.25) is 0 Å². The Morgan fingerprint density at radius 3 is 2.61 bits per heavy atom. The molecule has 0 spiro atoms. The Labute approximate surface area is 100 Å². The lowest BCUT2D eigenvalue weighted by atomic mass is 10.2. The molecule has 0 saturated heterocycles. The van der Waals surface area contributed by atoms with Gasteiger partial charge >= 0.3 is 6.18 Å². The molecule has 96 valence electrons. The number of aliphatic hydroxyl groups excluding tert-OH is 1. The van der Waals surface area contributed by atoms with Crippen LogP contribution in [0, 0.1) is 6.92 Å². The number of hydrogen-bond donors (Lipinski definition) is 1. The molecule has 0 aliphatic rings. The fourth-order valence-corrected chi connectivity index (χ4v) is 1.48. The minimum atomic E-state index is -4.64. The van der Waals surface area contributed by atoms with Crippen LogP contribution in [0.15, 0.2) is 22.9 Å². The molecule has 18 heavy (non-hydrogen) atoms. The van der Waals surface area contributed by atoms with E-state index in [0.29, 0.717) is 5.56 Å². The first kappa shape index (κ1) is 12.6. The predicted molar refractivity (Wildman–Crippen MR) is 55.4 cm³/mol. The van der Waals surface area contributed by atoms with Crippen LogP contribution in [0.5, 0.6) is 0 Å². The largest absolute Gasteiger partial charge is 0.461 e. The fourth-order valence-electron chi connectivity index (χ4n) is 1.48. The summed E-state index contributed by atoms with van der Waals surface area (Å²) in [5.74, 6) is 0.0343. The van der Waals surface area contributed by atoms with Crippen molar-refractivity contribution in [3.63, 3.8) is 0 Å². The van der Waals surface area contributed by atoms with E-state index < -0.39 is 18.5 Å². The lowest BCUT2D eigenvalue weighted by molar-refractivity contribution is -0.142. The normalized spacial score (nSPS) is 11.8. The van der Waals surface area contributed by atoms with Gasteiger partial charge in [-0.3, -0.25) is 0 Å². The number of halogens is 3. The summed E-state index contributed by atoms with van der Waals surface area (Å²) in [6.07, 6.45) is -2.34.